The van der Waals surface area contributed by atoms with Crippen molar-refractivity contribution in [1.29, 1.82) is 0 Å². The summed E-state index contributed by atoms with van der Waals surface area (Å²) in [4.78, 5) is 4.73. The second-order valence-electron chi connectivity index (χ2n) is 13.1. The second-order valence-corrected chi connectivity index (χ2v) is 13.1. The fourth-order valence-corrected chi connectivity index (χ4v) is 7.98. The molecule has 0 bridgehead atoms. The predicted molar refractivity (Wildman–Crippen MR) is 217 cm³/mol. The molecule has 2 heteroatoms. The molecule has 242 valence electrons. The molecule has 2 nitrogen and oxygen atoms in total. The number of hydrogen-bond donors (Lipinski definition) is 0. The van der Waals surface area contributed by atoms with Crippen LogP contribution in [0.3, 0.4) is 0 Å². The highest BCUT2D eigenvalue weighted by Gasteiger charge is 2.40. The third-order valence-corrected chi connectivity index (χ3v) is 10.4. The van der Waals surface area contributed by atoms with Crippen molar-refractivity contribution in [3.63, 3.8) is 0 Å². The van der Waals surface area contributed by atoms with Crippen molar-refractivity contribution < 1.29 is 0 Å². The largest absolute Gasteiger partial charge is 0.310 e. The Bertz CT molecular complexity index is 2390. The first-order valence-corrected chi connectivity index (χ1v) is 17.4. The van der Waals surface area contributed by atoms with Crippen molar-refractivity contribution >= 4 is 55.7 Å². The SMILES string of the molecule is C=CC1(C=C)c2cc(N(c3ccccc3)c3cccc4ccccc34)ccc2-c2ccc(N(c3ccccc3)c3cccc4ccccc34)cc21. The summed E-state index contributed by atoms with van der Waals surface area (Å²) in [5, 5.41) is 4.81. The predicted octanol–water partition coefficient (Wildman–Crippen LogP) is 13.6. The Labute approximate surface area is 299 Å². The van der Waals surface area contributed by atoms with Gasteiger partial charge in [-0.15, -0.1) is 13.2 Å². The lowest BCUT2D eigenvalue weighted by Crippen LogP contribution is -2.20. The topological polar surface area (TPSA) is 6.48 Å². The quantitative estimate of drug-likeness (QED) is 0.151. The first-order chi connectivity index (χ1) is 25.2. The van der Waals surface area contributed by atoms with E-state index in [4.69, 9.17) is 0 Å². The minimum Gasteiger partial charge on any atom is -0.310 e. The van der Waals surface area contributed by atoms with Gasteiger partial charge in [-0.1, -0.05) is 133 Å². The highest BCUT2D eigenvalue weighted by atomic mass is 15.1. The van der Waals surface area contributed by atoms with Gasteiger partial charge in [0.25, 0.3) is 0 Å². The molecule has 8 aromatic rings. The van der Waals surface area contributed by atoms with Gasteiger partial charge in [0, 0.05) is 33.5 Å². The molecule has 0 radical (unpaired) electrons. The van der Waals surface area contributed by atoms with Crippen LogP contribution in [0.25, 0.3) is 32.7 Å². The monoisotopic (exact) mass is 652 g/mol. The molecular formula is C49H36N2. The minimum atomic E-state index is -0.598. The van der Waals surface area contributed by atoms with Crippen molar-refractivity contribution in [3.05, 3.63) is 218 Å². The van der Waals surface area contributed by atoms with E-state index in [1.54, 1.807) is 0 Å². The van der Waals surface area contributed by atoms with E-state index >= 15 is 0 Å². The number of para-hydroxylation sites is 2. The Morgan fingerprint density at radius 1 is 0.373 bits per heavy atom. The van der Waals surface area contributed by atoms with E-state index in [1.165, 1.54) is 43.8 Å². The van der Waals surface area contributed by atoms with Gasteiger partial charge < -0.3 is 9.80 Å². The lowest BCUT2D eigenvalue weighted by atomic mass is 9.78. The standard InChI is InChI=1S/C49H36N2/c1-3-49(4-2)45-33-39(50(37-21-7-5-8-22-37)47-27-15-19-35-17-11-13-25-41(35)47)29-31-43(45)44-32-30-40(34-46(44)49)51(38-23-9-6-10-24-38)48-28-16-20-36-18-12-14-26-42(36)48/h3-34H,1-2H2. The van der Waals surface area contributed by atoms with Crippen LogP contribution in [0.15, 0.2) is 207 Å². The number of rotatable bonds is 8. The Kier molecular flexibility index (Phi) is 7.37. The van der Waals surface area contributed by atoms with E-state index in [-0.39, 0.29) is 0 Å². The van der Waals surface area contributed by atoms with Crippen molar-refractivity contribution in [2.24, 2.45) is 0 Å². The number of anilines is 6. The van der Waals surface area contributed by atoms with Crippen LogP contribution in [0.2, 0.25) is 0 Å². The Balaban J connectivity index is 1.23. The Hall–Kier alpha value is -6.64. The Morgan fingerprint density at radius 3 is 1.20 bits per heavy atom. The lowest BCUT2D eigenvalue weighted by molar-refractivity contribution is 0.849. The molecule has 0 aliphatic heterocycles. The second kappa shape index (κ2) is 12.4. The van der Waals surface area contributed by atoms with E-state index in [1.807, 2.05) is 0 Å². The van der Waals surface area contributed by atoms with Crippen molar-refractivity contribution in [2.45, 2.75) is 5.41 Å². The van der Waals surface area contributed by atoms with Gasteiger partial charge in [0.1, 0.15) is 0 Å². The molecule has 0 saturated heterocycles. The fraction of sp³-hybridized carbons (Fsp3) is 0.0204. The maximum Gasteiger partial charge on any atom is 0.0571 e. The normalized spacial score (nSPS) is 12.6. The van der Waals surface area contributed by atoms with E-state index in [0.717, 1.165) is 34.1 Å². The summed E-state index contributed by atoms with van der Waals surface area (Å²) < 4.78 is 0. The number of fused-ring (bicyclic) bond motifs is 5. The lowest BCUT2D eigenvalue weighted by Gasteiger charge is -2.30. The van der Waals surface area contributed by atoms with Gasteiger partial charge in [0.2, 0.25) is 0 Å². The van der Waals surface area contributed by atoms with Gasteiger partial charge in [0.15, 0.2) is 0 Å². The fourth-order valence-electron chi connectivity index (χ4n) is 7.98. The molecule has 0 fully saturated rings. The van der Waals surface area contributed by atoms with E-state index in [2.05, 4.69) is 217 Å². The van der Waals surface area contributed by atoms with Gasteiger partial charge in [-0.2, -0.15) is 0 Å². The van der Waals surface area contributed by atoms with Crippen LogP contribution in [0.5, 0.6) is 0 Å². The third kappa shape index (κ3) is 4.87. The smallest absolute Gasteiger partial charge is 0.0571 e. The number of nitrogens with zero attached hydrogens (tertiary/aromatic N) is 2. The minimum absolute atomic E-state index is 0.598. The molecule has 0 spiro atoms. The van der Waals surface area contributed by atoms with Crippen LogP contribution in [-0.4, -0.2) is 0 Å². The van der Waals surface area contributed by atoms with Gasteiger partial charge in [0.05, 0.1) is 16.8 Å². The molecule has 1 aliphatic rings. The number of benzene rings is 8. The summed E-state index contributed by atoms with van der Waals surface area (Å²) >= 11 is 0. The maximum absolute atomic E-state index is 4.45. The van der Waals surface area contributed by atoms with Crippen LogP contribution in [0, 0.1) is 0 Å². The zero-order valence-corrected chi connectivity index (χ0v) is 28.3. The maximum atomic E-state index is 4.45. The summed E-state index contributed by atoms with van der Waals surface area (Å²) in [6, 6.07) is 65.2. The van der Waals surface area contributed by atoms with Gasteiger partial charge in [-0.05, 0) is 93.7 Å². The third-order valence-electron chi connectivity index (χ3n) is 10.4. The summed E-state index contributed by atoms with van der Waals surface area (Å²) in [6.45, 7) is 8.90. The molecule has 8 aromatic carbocycles. The number of allylic oxidation sites excluding steroid dienone is 2. The highest BCUT2D eigenvalue weighted by molar-refractivity contribution is 6.01. The first kappa shape index (κ1) is 30.4. The molecule has 9 rings (SSSR count). The van der Waals surface area contributed by atoms with Crippen LogP contribution in [0.4, 0.5) is 34.1 Å². The number of hydrogen-bond acceptors (Lipinski definition) is 2. The van der Waals surface area contributed by atoms with Crippen molar-refractivity contribution in [3.8, 4) is 11.1 Å². The molecular weight excluding hydrogens is 617 g/mol. The summed E-state index contributed by atoms with van der Waals surface area (Å²) in [5.41, 5.74) is 10.8. The van der Waals surface area contributed by atoms with Crippen LogP contribution in [0.1, 0.15) is 11.1 Å². The molecule has 0 saturated carbocycles. The van der Waals surface area contributed by atoms with Gasteiger partial charge >= 0.3 is 0 Å². The van der Waals surface area contributed by atoms with Gasteiger partial charge in [-0.3, -0.25) is 0 Å². The van der Waals surface area contributed by atoms with E-state index in [9.17, 15) is 0 Å². The van der Waals surface area contributed by atoms with Crippen molar-refractivity contribution in [2.75, 3.05) is 9.80 Å². The average molecular weight is 653 g/mol. The average Bonchev–Trinajstić information content (AvgIpc) is 3.48. The summed E-state index contributed by atoms with van der Waals surface area (Å²) in [5.74, 6) is 0. The zero-order chi connectivity index (χ0) is 34.4. The molecule has 0 atom stereocenters. The molecule has 0 heterocycles. The van der Waals surface area contributed by atoms with E-state index in [0.29, 0.717) is 0 Å². The first-order valence-electron chi connectivity index (χ1n) is 17.4. The molecule has 0 unspecified atom stereocenters. The van der Waals surface area contributed by atoms with Gasteiger partial charge in [-0.25, -0.2) is 0 Å². The molecule has 0 N–H and O–H groups in total. The molecule has 0 aromatic heterocycles. The zero-order valence-electron chi connectivity index (χ0n) is 28.3. The summed E-state index contributed by atoms with van der Waals surface area (Å²) in [7, 11) is 0. The van der Waals surface area contributed by atoms with Crippen molar-refractivity contribution in [1.82, 2.24) is 0 Å². The summed E-state index contributed by atoms with van der Waals surface area (Å²) in [6.07, 6.45) is 4.13. The van der Waals surface area contributed by atoms with Crippen LogP contribution in [-0.2, 0) is 5.41 Å². The molecule has 51 heavy (non-hydrogen) atoms. The highest BCUT2D eigenvalue weighted by Crippen LogP contribution is 2.54. The molecule has 1 aliphatic carbocycles. The molecule has 0 amide bonds. The van der Waals surface area contributed by atoms with Crippen LogP contribution < -0.4 is 9.80 Å². The Morgan fingerprint density at radius 2 is 0.765 bits per heavy atom. The van der Waals surface area contributed by atoms with Crippen LogP contribution >= 0.6 is 0 Å². The van der Waals surface area contributed by atoms with E-state index < -0.39 is 5.41 Å².